The summed E-state index contributed by atoms with van der Waals surface area (Å²) >= 11 is 0. The maximum absolute atomic E-state index is 13.1. The molecule has 0 aliphatic carbocycles. The highest BCUT2D eigenvalue weighted by Crippen LogP contribution is 2.21. The Bertz CT molecular complexity index is 1170. The molecular formula is C18H23N7O3. The Kier molecular flexibility index (Phi) is 4.42. The van der Waals surface area contributed by atoms with Gasteiger partial charge < -0.3 is 19.4 Å². The fourth-order valence-corrected chi connectivity index (χ4v) is 3.88. The number of piperazine rings is 1. The predicted octanol–water partition coefficient (Wildman–Crippen LogP) is -1.05. The van der Waals surface area contributed by atoms with E-state index in [0.717, 1.165) is 10.4 Å². The predicted molar refractivity (Wildman–Crippen MR) is 103 cm³/mol. The minimum atomic E-state index is -0.419. The van der Waals surface area contributed by atoms with Crippen LogP contribution in [-0.4, -0.2) is 53.7 Å². The maximum atomic E-state index is 13.1. The standard InChI is InChI=1S/C18H23N7O3/c1-21-8-6-20-15(21)13-10-19-5-9-25(13)14(26)11-24-7-4-12-16(24)22(2)18(28)23(3)17(12)27/h4,6-8,13,19H,5,9-11H2,1-3H3. The maximum Gasteiger partial charge on any atom is 0.332 e. The summed E-state index contributed by atoms with van der Waals surface area (Å²) in [5.41, 5.74) is -0.333. The lowest BCUT2D eigenvalue weighted by molar-refractivity contribution is -0.135. The molecule has 3 aromatic rings. The molecule has 0 aromatic carbocycles. The first-order valence-electron chi connectivity index (χ1n) is 9.12. The molecule has 148 valence electrons. The molecule has 0 bridgehead atoms. The number of fused-ring (bicyclic) bond motifs is 1. The number of imidazole rings is 1. The second-order valence-corrected chi connectivity index (χ2v) is 7.09. The lowest BCUT2D eigenvalue weighted by Crippen LogP contribution is -2.50. The molecule has 1 amide bonds. The van der Waals surface area contributed by atoms with Gasteiger partial charge in [0.05, 0.1) is 5.39 Å². The van der Waals surface area contributed by atoms with Crippen LogP contribution in [0.15, 0.2) is 34.2 Å². The molecule has 10 heteroatoms. The molecule has 1 fully saturated rings. The van der Waals surface area contributed by atoms with Gasteiger partial charge in [0.15, 0.2) is 0 Å². The third kappa shape index (κ3) is 2.76. The highest BCUT2D eigenvalue weighted by molar-refractivity contribution is 5.81. The quantitative estimate of drug-likeness (QED) is 0.620. The van der Waals surface area contributed by atoms with Crippen LogP contribution in [0.5, 0.6) is 0 Å². The summed E-state index contributed by atoms with van der Waals surface area (Å²) < 4.78 is 6.05. The molecule has 0 radical (unpaired) electrons. The molecule has 4 rings (SSSR count). The number of aryl methyl sites for hydroxylation is 2. The Hall–Kier alpha value is -3.14. The molecule has 0 saturated carbocycles. The van der Waals surface area contributed by atoms with Crippen molar-refractivity contribution in [3.8, 4) is 0 Å². The smallest absolute Gasteiger partial charge is 0.332 e. The first-order valence-corrected chi connectivity index (χ1v) is 9.12. The molecule has 1 atom stereocenters. The summed E-state index contributed by atoms with van der Waals surface area (Å²) in [6.45, 7) is 1.95. The fourth-order valence-electron chi connectivity index (χ4n) is 3.88. The summed E-state index contributed by atoms with van der Waals surface area (Å²) in [5, 5.41) is 3.73. The average Bonchev–Trinajstić information content (AvgIpc) is 3.31. The Morgan fingerprint density at radius 1 is 1.21 bits per heavy atom. The van der Waals surface area contributed by atoms with E-state index in [1.165, 1.54) is 11.6 Å². The van der Waals surface area contributed by atoms with Gasteiger partial charge in [-0.1, -0.05) is 0 Å². The van der Waals surface area contributed by atoms with Gasteiger partial charge in [0.25, 0.3) is 5.56 Å². The molecule has 10 nitrogen and oxygen atoms in total. The highest BCUT2D eigenvalue weighted by atomic mass is 16.2. The third-order valence-electron chi connectivity index (χ3n) is 5.39. The second-order valence-electron chi connectivity index (χ2n) is 7.09. The van der Waals surface area contributed by atoms with Crippen molar-refractivity contribution >= 4 is 16.9 Å². The second kappa shape index (κ2) is 6.79. The molecule has 1 aliphatic heterocycles. The number of hydrogen-bond donors (Lipinski definition) is 1. The summed E-state index contributed by atoms with van der Waals surface area (Å²) in [5.74, 6) is 0.735. The summed E-state index contributed by atoms with van der Waals surface area (Å²) in [7, 11) is 4.96. The molecule has 4 heterocycles. The molecule has 1 aliphatic rings. The Labute approximate surface area is 160 Å². The number of nitrogens with zero attached hydrogens (tertiary/aromatic N) is 6. The van der Waals surface area contributed by atoms with Crippen molar-refractivity contribution in [1.82, 2.24) is 33.5 Å². The zero-order valence-electron chi connectivity index (χ0n) is 16.1. The van der Waals surface area contributed by atoms with Crippen LogP contribution < -0.4 is 16.6 Å². The van der Waals surface area contributed by atoms with Gasteiger partial charge in [0.2, 0.25) is 5.91 Å². The number of carbonyl (C=O) groups excluding carboxylic acids is 1. The fraction of sp³-hybridized carbons (Fsp3) is 0.444. The summed E-state index contributed by atoms with van der Waals surface area (Å²) in [6.07, 6.45) is 5.26. The molecule has 3 aromatic heterocycles. The van der Waals surface area contributed by atoms with Crippen LogP contribution in [0.1, 0.15) is 11.9 Å². The van der Waals surface area contributed by atoms with Crippen molar-refractivity contribution in [3.05, 3.63) is 51.3 Å². The first kappa shape index (κ1) is 18.2. The number of amides is 1. The van der Waals surface area contributed by atoms with Crippen molar-refractivity contribution in [1.29, 1.82) is 0 Å². The minimum Gasteiger partial charge on any atom is -0.336 e. The van der Waals surface area contributed by atoms with E-state index >= 15 is 0 Å². The number of carbonyl (C=O) groups is 1. The van der Waals surface area contributed by atoms with Gasteiger partial charge in [-0.15, -0.1) is 0 Å². The van der Waals surface area contributed by atoms with Crippen molar-refractivity contribution in [2.45, 2.75) is 12.6 Å². The monoisotopic (exact) mass is 385 g/mol. The number of aromatic nitrogens is 5. The van der Waals surface area contributed by atoms with E-state index in [9.17, 15) is 14.4 Å². The van der Waals surface area contributed by atoms with Crippen molar-refractivity contribution < 1.29 is 4.79 Å². The largest absolute Gasteiger partial charge is 0.336 e. The SMILES string of the molecule is Cn1ccnc1C1CNCCN1C(=O)Cn1ccc2c(=O)n(C)c(=O)n(C)c21. The normalized spacial score (nSPS) is 17.4. The van der Waals surface area contributed by atoms with Crippen LogP contribution in [0, 0.1) is 0 Å². The third-order valence-corrected chi connectivity index (χ3v) is 5.39. The van der Waals surface area contributed by atoms with E-state index in [0.29, 0.717) is 30.7 Å². The van der Waals surface area contributed by atoms with Crippen LogP contribution in [0.3, 0.4) is 0 Å². The zero-order chi connectivity index (χ0) is 20.0. The van der Waals surface area contributed by atoms with E-state index in [1.807, 2.05) is 22.7 Å². The van der Waals surface area contributed by atoms with Crippen LogP contribution in [0.25, 0.3) is 11.0 Å². The Morgan fingerprint density at radius 2 is 2.00 bits per heavy atom. The first-order chi connectivity index (χ1) is 13.4. The van der Waals surface area contributed by atoms with E-state index in [-0.39, 0.29) is 24.1 Å². The number of nitrogens with one attached hydrogen (secondary N) is 1. The topological polar surface area (TPSA) is 99.1 Å². The molecule has 1 unspecified atom stereocenters. The highest BCUT2D eigenvalue weighted by Gasteiger charge is 2.30. The average molecular weight is 385 g/mol. The summed E-state index contributed by atoms with van der Waals surface area (Å²) in [4.78, 5) is 44.0. The summed E-state index contributed by atoms with van der Waals surface area (Å²) in [6, 6.07) is 1.48. The molecule has 1 saturated heterocycles. The molecule has 1 N–H and O–H groups in total. The Morgan fingerprint density at radius 3 is 2.71 bits per heavy atom. The van der Waals surface area contributed by atoms with Crippen molar-refractivity contribution in [2.75, 3.05) is 19.6 Å². The van der Waals surface area contributed by atoms with Crippen LogP contribution in [0.4, 0.5) is 0 Å². The van der Waals surface area contributed by atoms with E-state index < -0.39 is 5.69 Å². The van der Waals surface area contributed by atoms with E-state index in [2.05, 4.69) is 10.3 Å². The van der Waals surface area contributed by atoms with Crippen LogP contribution >= 0.6 is 0 Å². The zero-order valence-corrected chi connectivity index (χ0v) is 16.1. The van der Waals surface area contributed by atoms with Gasteiger partial charge in [-0.05, 0) is 6.07 Å². The lowest BCUT2D eigenvalue weighted by atomic mass is 10.1. The van der Waals surface area contributed by atoms with Gasteiger partial charge in [-0.25, -0.2) is 9.78 Å². The number of rotatable bonds is 3. The molecule has 0 spiro atoms. The number of hydrogen-bond acceptors (Lipinski definition) is 5. The van der Waals surface area contributed by atoms with Crippen molar-refractivity contribution in [2.24, 2.45) is 21.1 Å². The van der Waals surface area contributed by atoms with Crippen LogP contribution in [-0.2, 0) is 32.5 Å². The Balaban J connectivity index is 1.69. The van der Waals surface area contributed by atoms with Gasteiger partial charge in [0, 0.05) is 59.4 Å². The van der Waals surface area contributed by atoms with E-state index in [1.54, 1.807) is 30.1 Å². The lowest BCUT2D eigenvalue weighted by Gasteiger charge is -2.36. The molecular weight excluding hydrogens is 362 g/mol. The van der Waals surface area contributed by atoms with Gasteiger partial charge >= 0.3 is 5.69 Å². The van der Waals surface area contributed by atoms with Gasteiger partial charge in [-0.2, -0.15) is 0 Å². The molecule has 28 heavy (non-hydrogen) atoms. The van der Waals surface area contributed by atoms with Crippen LogP contribution in [0.2, 0.25) is 0 Å². The van der Waals surface area contributed by atoms with E-state index in [4.69, 9.17) is 0 Å². The van der Waals surface area contributed by atoms with Gasteiger partial charge in [-0.3, -0.25) is 18.7 Å². The minimum absolute atomic E-state index is 0.0465. The van der Waals surface area contributed by atoms with Crippen molar-refractivity contribution in [3.63, 3.8) is 0 Å². The van der Waals surface area contributed by atoms with Gasteiger partial charge in [0.1, 0.15) is 24.1 Å².